The first-order chi connectivity index (χ1) is 8.66. The van der Waals surface area contributed by atoms with Gasteiger partial charge in [0.2, 0.25) is 0 Å². The molecule has 0 bridgehead atoms. The molecule has 0 fully saturated rings. The molecule has 0 atom stereocenters. The fraction of sp³-hybridized carbons (Fsp3) is 0.133. The van der Waals surface area contributed by atoms with Gasteiger partial charge in [0.25, 0.3) is 0 Å². The number of carbonyl (C=O) groups is 1. The second kappa shape index (κ2) is 5.91. The third kappa shape index (κ3) is 3.26. The fourth-order valence-corrected chi connectivity index (χ4v) is 2.11. The molecule has 0 amide bonds. The lowest BCUT2D eigenvalue weighted by atomic mass is 10.0. The molecule has 0 spiro atoms. The first-order valence-corrected chi connectivity index (χ1v) is 6.48. The van der Waals surface area contributed by atoms with Crippen LogP contribution in [0.5, 0.6) is 0 Å². The van der Waals surface area contributed by atoms with Gasteiger partial charge in [0.1, 0.15) is 5.82 Å². The van der Waals surface area contributed by atoms with Crippen LogP contribution in [-0.4, -0.2) is 5.78 Å². The van der Waals surface area contributed by atoms with Crippen LogP contribution in [-0.2, 0) is 6.42 Å². The molecule has 0 aliphatic heterocycles. The number of aryl methyl sites for hydroxylation is 1. The molecule has 3 heteroatoms. The minimum Gasteiger partial charge on any atom is -0.294 e. The van der Waals surface area contributed by atoms with Crippen LogP contribution in [0.4, 0.5) is 4.39 Å². The Morgan fingerprint density at radius 2 is 1.83 bits per heavy atom. The summed E-state index contributed by atoms with van der Waals surface area (Å²) < 4.78 is 14.2. The Balaban J connectivity index is 2.06. The summed E-state index contributed by atoms with van der Waals surface area (Å²) >= 11 is 3.24. The average Bonchev–Trinajstić information content (AvgIpc) is 2.40. The van der Waals surface area contributed by atoms with Crippen molar-refractivity contribution in [1.82, 2.24) is 0 Å². The molecule has 1 nitrogen and oxygen atoms in total. The Bertz CT molecular complexity index is 552. The minimum absolute atomic E-state index is 0.153. The van der Waals surface area contributed by atoms with E-state index < -0.39 is 5.82 Å². The molecule has 0 heterocycles. The van der Waals surface area contributed by atoms with Crippen LogP contribution in [0.2, 0.25) is 0 Å². The highest BCUT2D eigenvalue weighted by atomic mass is 79.9. The van der Waals surface area contributed by atoms with Crippen LogP contribution in [0.15, 0.2) is 53.0 Å². The van der Waals surface area contributed by atoms with Gasteiger partial charge < -0.3 is 0 Å². The third-order valence-electron chi connectivity index (χ3n) is 2.71. The summed E-state index contributed by atoms with van der Waals surface area (Å²) in [5.74, 6) is -0.631. The Hall–Kier alpha value is -1.48. The Morgan fingerprint density at radius 1 is 1.11 bits per heavy atom. The monoisotopic (exact) mass is 306 g/mol. The van der Waals surface area contributed by atoms with E-state index in [0.717, 1.165) is 5.56 Å². The van der Waals surface area contributed by atoms with E-state index in [1.165, 1.54) is 12.1 Å². The van der Waals surface area contributed by atoms with Gasteiger partial charge in [-0.1, -0.05) is 46.3 Å². The standard InChI is InChI=1S/C15H12BrFO/c16-12-7-8-14(17)13(10-12)15(18)9-6-11-4-2-1-3-5-11/h1-5,7-8,10H,6,9H2. The average molecular weight is 307 g/mol. The number of benzene rings is 2. The molecule has 18 heavy (non-hydrogen) atoms. The maximum atomic E-state index is 13.5. The van der Waals surface area contributed by atoms with E-state index in [4.69, 9.17) is 0 Å². The summed E-state index contributed by atoms with van der Waals surface area (Å²) in [6, 6.07) is 14.1. The Morgan fingerprint density at radius 3 is 2.56 bits per heavy atom. The zero-order chi connectivity index (χ0) is 13.0. The van der Waals surface area contributed by atoms with Crippen LogP contribution in [0.1, 0.15) is 22.3 Å². The molecular weight excluding hydrogens is 295 g/mol. The van der Waals surface area contributed by atoms with E-state index >= 15 is 0 Å². The molecule has 0 aliphatic rings. The van der Waals surface area contributed by atoms with Crippen molar-refractivity contribution in [2.24, 2.45) is 0 Å². The van der Waals surface area contributed by atoms with Crippen molar-refractivity contribution in [2.45, 2.75) is 12.8 Å². The number of ketones is 1. The lowest BCUT2D eigenvalue weighted by molar-refractivity contribution is 0.0979. The number of hydrogen-bond donors (Lipinski definition) is 0. The molecular formula is C15H12BrFO. The normalized spacial score (nSPS) is 10.3. The highest BCUT2D eigenvalue weighted by Crippen LogP contribution is 2.17. The fourth-order valence-electron chi connectivity index (χ4n) is 1.75. The van der Waals surface area contributed by atoms with Gasteiger partial charge >= 0.3 is 0 Å². The van der Waals surface area contributed by atoms with Crippen molar-refractivity contribution in [3.05, 3.63) is 69.9 Å². The highest BCUT2D eigenvalue weighted by Gasteiger charge is 2.12. The van der Waals surface area contributed by atoms with Gasteiger partial charge in [0.15, 0.2) is 5.78 Å². The van der Waals surface area contributed by atoms with Crippen LogP contribution >= 0.6 is 15.9 Å². The van der Waals surface area contributed by atoms with Gasteiger partial charge in [0, 0.05) is 10.9 Å². The number of rotatable bonds is 4. The summed E-state index contributed by atoms with van der Waals surface area (Å²) in [7, 11) is 0. The maximum absolute atomic E-state index is 13.5. The van der Waals surface area contributed by atoms with Crippen molar-refractivity contribution in [3.8, 4) is 0 Å². The van der Waals surface area contributed by atoms with E-state index in [9.17, 15) is 9.18 Å². The number of carbonyl (C=O) groups excluding carboxylic acids is 1. The molecule has 0 saturated carbocycles. The van der Waals surface area contributed by atoms with Gasteiger partial charge in [-0.25, -0.2) is 4.39 Å². The summed E-state index contributed by atoms with van der Waals surface area (Å²) in [6.45, 7) is 0. The van der Waals surface area contributed by atoms with Gasteiger partial charge in [-0.2, -0.15) is 0 Å². The summed E-state index contributed by atoms with van der Waals surface area (Å²) in [5.41, 5.74) is 1.24. The van der Waals surface area contributed by atoms with Crippen molar-refractivity contribution < 1.29 is 9.18 Å². The van der Waals surface area contributed by atoms with Crippen molar-refractivity contribution in [1.29, 1.82) is 0 Å². The summed E-state index contributed by atoms with van der Waals surface area (Å²) in [6.07, 6.45) is 0.947. The number of Topliss-reactive ketones (excluding diaryl/α,β-unsaturated/α-hetero) is 1. The minimum atomic E-state index is -0.462. The number of halogens is 2. The van der Waals surface area contributed by atoms with Crippen molar-refractivity contribution in [3.63, 3.8) is 0 Å². The van der Waals surface area contributed by atoms with Crippen LogP contribution < -0.4 is 0 Å². The summed E-state index contributed by atoms with van der Waals surface area (Å²) in [5, 5.41) is 0. The highest BCUT2D eigenvalue weighted by molar-refractivity contribution is 9.10. The van der Waals surface area contributed by atoms with Gasteiger partial charge in [-0.3, -0.25) is 4.79 Å². The van der Waals surface area contributed by atoms with E-state index in [-0.39, 0.29) is 11.3 Å². The molecule has 2 rings (SSSR count). The Kier molecular flexibility index (Phi) is 4.26. The molecule has 0 N–H and O–H groups in total. The zero-order valence-electron chi connectivity index (χ0n) is 9.70. The van der Waals surface area contributed by atoms with Crippen LogP contribution in [0, 0.1) is 5.82 Å². The molecule has 0 radical (unpaired) electrons. The van der Waals surface area contributed by atoms with Gasteiger partial charge in [-0.15, -0.1) is 0 Å². The predicted molar refractivity (Wildman–Crippen MR) is 73.2 cm³/mol. The van der Waals surface area contributed by atoms with E-state index in [2.05, 4.69) is 15.9 Å². The Labute approximate surface area is 114 Å². The van der Waals surface area contributed by atoms with E-state index in [0.29, 0.717) is 17.3 Å². The first-order valence-electron chi connectivity index (χ1n) is 5.69. The topological polar surface area (TPSA) is 17.1 Å². The number of hydrogen-bond acceptors (Lipinski definition) is 1. The van der Waals surface area contributed by atoms with Gasteiger partial charge in [0.05, 0.1) is 5.56 Å². The summed E-state index contributed by atoms with van der Waals surface area (Å²) in [4.78, 5) is 11.9. The molecule has 0 unspecified atom stereocenters. The third-order valence-corrected chi connectivity index (χ3v) is 3.21. The molecule has 0 aromatic heterocycles. The molecule has 92 valence electrons. The van der Waals surface area contributed by atoms with E-state index in [1.807, 2.05) is 30.3 Å². The second-order valence-corrected chi connectivity index (χ2v) is 4.95. The maximum Gasteiger partial charge on any atom is 0.166 e. The van der Waals surface area contributed by atoms with Crippen molar-refractivity contribution >= 4 is 21.7 Å². The second-order valence-electron chi connectivity index (χ2n) is 4.03. The smallest absolute Gasteiger partial charge is 0.166 e. The van der Waals surface area contributed by atoms with Crippen LogP contribution in [0.25, 0.3) is 0 Å². The predicted octanol–water partition coefficient (Wildman–Crippen LogP) is 4.40. The zero-order valence-corrected chi connectivity index (χ0v) is 11.3. The molecule has 2 aromatic carbocycles. The lowest BCUT2D eigenvalue weighted by Crippen LogP contribution is -2.04. The van der Waals surface area contributed by atoms with Crippen molar-refractivity contribution in [2.75, 3.05) is 0 Å². The van der Waals surface area contributed by atoms with Gasteiger partial charge in [-0.05, 0) is 30.2 Å². The van der Waals surface area contributed by atoms with E-state index in [1.54, 1.807) is 6.07 Å². The van der Waals surface area contributed by atoms with Crippen LogP contribution in [0.3, 0.4) is 0 Å². The lowest BCUT2D eigenvalue weighted by Gasteiger charge is -2.04. The molecule has 0 saturated heterocycles. The SMILES string of the molecule is O=C(CCc1ccccc1)c1cc(Br)ccc1F. The quantitative estimate of drug-likeness (QED) is 0.765. The molecule has 2 aromatic rings. The molecule has 0 aliphatic carbocycles. The first kappa shape index (κ1) is 13.0. The largest absolute Gasteiger partial charge is 0.294 e.